The van der Waals surface area contributed by atoms with E-state index in [0.29, 0.717) is 18.1 Å². The Labute approximate surface area is 95.7 Å². The molecule has 0 bridgehead atoms. The predicted molar refractivity (Wildman–Crippen MR) is 61.9 cm³/mol. The molecule has 0 saturated heterocycles. The Morgan fingerprint density at radius 1 is 1.44 bits per heavy atom. The van der Waals surface area contributed by atoms with Crippen molar-refractivity contribution in [1.29, 1.82) is 0 Å². The number of ether oxygens (including phenoxy) is 1. The summed E-state index contributed by atoms with van der Waals surface area (Å²) >= 11 is 0. The quantitative estimate of drug-likeness (QED) is 0.697. The molecule has 0 aliphatic rings. The zero-order valence-corrected chi connectivity index (χ0v) is 9.34. The third-order valence-corrected chi connectivity index (χ3v) is 2.43. The van der Waals surface area contributed by atoms with Gasteiger partial charge in [0.1, 0.15) is 20.3 Å². The second kappa shape index (κ2) is 4.39. The number of hydrogen-bond donors (Lipinski definition) is 0. The van der Waals surface area contributed by atoms with Gasteiger partial charge in [0, 0.05) is 13.1 Å². The van der Waals surface area contributed by atoms with Crippen molar-refractivity contribution in [3.63, 3.8) is 0 Å². The van der Waals surface area contributed by atoms with Crippen LogP contribution >= 0.6 is 0 Å². The Balaban J connectivity index is 2.05. The van der Waals surface area contributed by atoms with Crippen molar-refractivity contribution in [1.82, 2.24) is 14.5 Å². The van der Waals surface area contributed by atoms with Gasteiger partial charge in [-0.2, -0.15) is 0 Å². The van der Waals surface area contributed by atoms with E-state index in [4.69, 9.17) is 12.6 Å². The summed E-state index contributed by atoms with van der Waals surface area (Å²) in [6.45, 7) is 2.38. The van der Waals surface area contributed by atoms with Crippen molar-refractivity contribution in [2.75, 3.05) is 0 Å². The van der Waals surface area contributed by atoms with Gasteiger partial charge in [0.15, 0.2) is 0 Å². The van der Waals surface area contributed by atoms with Crippen LogP contribution in [0.1, 0.15) is 11.5 Å². The topological polar surface area (TPSA) is 39.9 Å². The van der Waals surface area contributed by atoms with E-state index in [0.717, 1.165) is 11.5 Å². The molecule has 0 aliphatic heterocycles. The van der Waals surface area contributed by atoms with E-state index < -0.39 is 0 Å². The van der Waals surface area contributed by atoms with Crippen LogP contribution in [0.5, 0.6) is 5.88 Å². The Morgan fingerprint density at radius 3 is 2.88 bits per heavy atom. The zero-order valence-electron chi connectivity index (χ0n) is 9.34. The van der Waals surface area contributed by atoms with E-state index in [-0.39, 0.29) is 0 Å². The van der Waals surface area contributed by atoms with Gasteiger partial charge in [-0.15, -0.1) is 0 Å². The number of aryl methyl sites for hydroxylation is 1. The molecule has 80 valence electrons. The number of rotatable bonds is 3. The zero-order chi connectivity index (χ0) is 11.5. The molecule has 0 saturated carbocycles. The van der Waals surface area contributed by atoms with Gasteiger partial charge in [0.25, 0.3) is 0 Å². The summed E-state index contributed by atoms with van der Waals surface area (Å²) in [5.74, 6) is 1.48. The van der Waals surface area contributed by atoms with Crippen LogP contribution in [0.15, 0.2) is 24.4 Å². The van der Waals surface area contributed by atoms with E-state index in [1.807, 2.05) is 24.6 Å². The molecule has 5 heteroatoms. The predicted octanol–water partition coefficient (Wildman–Crippen LogP) is 0.496. The highest BCUT2D eigenvalue weighted by atomic mass is 16.5. The highest BCUT2D eigenvalue weighted by Crippen LogP contribution is 2.07. The van der Waals surface area contributed by atoms with Crippen molar-refractivity contribution in [2.45, 2.75) is 13.5 Å². The van der Waals surface area contributed by atoms with Crippen LogP contribution in [0.3, 0.4) is 0 Å². The molecule has 0 fully saturated rings. The SMILES string of the molecule is [B]c1cccc(OCc2cnc(C)n2C)n1. The van der Waals surface area contributed by atoms with Crippen molar-refractivity contribution in [3.05, 3.63) is 35.9 Å². The third kappa shape index (κ3) is 2.24. The number of aromatic nitrogens is 3. The molecule has 0 N–H and O–H groups in total. The average Bonchev–Trinajstić information content (AvgIpc) is 2.57. The number of nitrogens with zero attached hydrogens (tertiary/aromatic N) is 3. The fourth-order valence-corrected chi connectivity index (χ4v) is 1.34. The second-order valence-electron chi connectivity index (χ2n) is 3.55. The summed E-state index contributed by atoms with van der Waals surface area (Å²) in [5, 5.41) is 0. The van der Waals surface area contributed by atoms with Crippen LogP contribution in [0.2, 0.25) is 0 Å². The molecular weight excluding hydrogens is 201 g/mol. The molecule has 0 amide bonds. The average molecular weight is 213 g/mol. The Kier molecular flexibility index (Phi) is 2.94. The molecule has 4 nitrogen and oxygen atoms in total. The highest BCUT2D eigenvalue weighted by molar-refractivity contribution is 6.30. The van der Waals surface area contributed by atoms with Gasteiger partial charge in [0.05, 0.1) is 11.9 Å². The summed E-state index contributed by atoms with van der Waals surface area (Å²) in [7, 11) is 7.51. The number of pyridine rings is 1. The molecule has 2 rings (SSSR count). The van der Waals surface area contributed by atoms with Crippen LogP contribution in [-0.4, -0.2) is 22.4 Å². The standard InChI is InChI=1S/C11H12BN3O/c1-8-13-6-9(15(8)2)7-16-11-5-3-4-10(12)14-11/h3-6H,7H2,1-2H3. The van der Waals surface area contributed by atoms with Gasteiger partial charge in [-0.25, -0.2) is 9.97 Å². The molecule has 0 atom stereocenters. The smallest absolute Gasteiger partial charge is 0.212 e. The lowest BCUT2D eigenvalue weighted by molar-refractivity contribution is 0.286. The number of hydrogen-bond acceptors (Lipinski definition) is 3. The molecule has 0 unspecified atom stereocenters. The first-order chi connectivity index (χ1) is 7.66. The largest absolute Gasteiger partial charge is 0.471 e. The first-order valence-electron chi connectivity index (χ1n) is 4.99. The van der Waals surface area contributed by atoms with Gasteiger partial charge < -0.3 is 9.30 Å². The molecule has 2 radical (unpaired) electrons. The Hall–Kier alpha value is -1.78. The molecule has 2 aromatic rings. The molecule has 0 spiro atoms. The molecule has 16 heavy (non-hydrogen) atoms. The summed E-state index contributed by atoms with van der Waals surface area (Å²) in [5.41, 5.74) is 1.46. The maximum Gasteiger partial charge on any atom is 0.212 e. The lowest BCUT2D eigenvalue weighted by Gasteiger charge is -2.06. The van der Waals surface area contributed by atoms with Gasteiger partial charge in [0.2, 0.25) is 5.88 Å². The monoisotopic (exact) mass is 213 g/mol. The maximum atomic E-state index is 5.55. The normalized spacial score (nSPS) is 10.4. The molecular formula is C11H12BN3O. The second-order valence-corrected chi connectivity index (χ2v) is 3.55. The first-order valence-corrected chi connectivity index (χ1v) is 4.99. The summed E-state index contributed by atoms with van der Waals surface area (Å²) < 4.78 is 7.49. The first kappa shape index (κ1) is 10.7. The van der Waals surface area contributed by atoms with Gasteiger partial charge in [-0.1, -0.05) is 12.1 Å². The van der Waals surface area contributed by atoms with Crippen molar-refractivity contribution in [3.8, 4) is 5.88 Å². The van der Waals surface area contributed by atoms with Gasteiger partial charge in [-0.3, -0.25) is 0 Å². The molecule has 2 heterocycles. The van der Waals surface area contributed by atoms with Crippen LogP contribution in [0.4, 0.5) is 0 Å². The third-order valence-electron chi connectivity index (χ3n) is 2.43. The van der Waals surface area contributed by atoms with Gasteiger partial charge >= 0.3 is 0 Å². The molecule has 2 aromatic heterocycles. The van der Waals surface area contributed by atoms with Crippen molar-refractivity contribution >= 4 is 13.4 Å². The van der Waals surface area contributed by atoms with Crippen molar-refractivity contribution < 1.29 is 4.74 Å². The van der Waals surface area contributed by atoms with E-state index >= 15 is 0 Å². The van der Waals surface area contributed by atoms with E-state index in [9.17, 15) is 0 Å². The minimum absolute atomic E-state index is 0.438. The van der Waals surface area contributed by atoms with Crippen LogP contribution in [-0.2, 0) is 13.7 Å². The Bertz CT molecular complexity index is 496. The molecule has 0 aromatic carbocycles. The summed E-state index contributed by atoms with van der Waals surface area (Å²) in [4.78, 5) is 8.23. The lowest BCUT2D eigenvalue weighted by Crippen LogP contribution is -2.10. The fourth-order valence-electron chi connectivity index (χ4n) is 1.34. The van der Waals surface area contributed by atoms with Crippen molar-refractivity contribution in [2.24, 2.45) is 7.05 Å². The lowest BCUT2D eigenvalue weighted by atomic mass is 10.0. The molecule has 0 aliphatic carbocycles. The minimum Gasteiger partial charge on any atom is -0.471 e. The minimum atomic E-state index is 0.438. The summed E-state index contributed by atoms with van der Waals surface area (Å²) in [6, 6.07) is 5.31. The summed E-state index contributed by atoms with van der Waals surface area (Å²) in [6.07, 6.45) is 1.79. The van der Waals surface area contributed by atoms with E-state index in [1.54, 1.807) is 18.3 Å². The highest BCUT2D eigenvalue weighted by Gasteiger charge is 2.03. The van der Waals surface area contributed by atoms with E-state index in [2.05, 4.69) is 9.97 Å². The fraction of sp³-hybridized carbons (Fsp3) is 0.273. The van der Waals surface area contributed by atoms with Crippen LogP contribution in [0.25, 0.3) is 0 Å². The number of imidazole rings is 1. The van der Waals surface area contributed by atoms with Crippen LogP contribution < -0.4 is 10.3 Å². The van der Waals surface area contributed by atoms with Gasteiger partial charge in [-0.05, 0) is 12.5 Å². The van der Waals surface area contributed by atoms with Crippen LogP contribution in [0, 0.1) is 6.92 Å². The van der Waals surface area contributed by atoms with E-state index in [1.165, 1.54) is 0 Å². The maximum absolute atomic E-state index is 5.55. The Morgan fingerprint density at radius 2 is 2.25 bits per heavy atom.